The minimum absolute atomic E-state index is 0.192. The van der Waals surface area contributed by atoms with E-state index in [1.165, 1.54) is 6.42 Å². The van der Waals surface area contributed by atoms with E-state index >= 15 is 0 Å². The highest BCUT2D eigenvalue weighted by Crippen LogP contribution is 2.26. The van der Waals surface area contributed by atoms with Crippen molar-refractivity contribution in [3.63, 3.8) is 0 Å². The minimum atomic E-state index is -3.29. The fraction of sp³-hybridized carbons (Fsp3) is 1.00. The smallest absolute Gasteiger partial charge is 0.281 e. The molecular weight excluding hydrogens is 262 g/mol. The predicted molar refractivity (Wildman–Crippen MR) is 76.9 cm³/mol. The Balaban J connectivity index is 2.03. The largest absolute Gasteiger partial charge is 0.330 e. The lowest BCUT2D eigenvalue weighted by atomic mass is 9.96. The van der Waals surface area contributed by atoms with E-state index in [-0.39, 0.29) is 6.04 Å². The van der Waals surface area contributed by atoms with Gasteiger partial charge in [0, 0.05) is 26.2 Å². The Morgan fingerprint density at radius 3 is 2.47 bits per heavy atom. The van der Waals surface area contributed by atoms with Gasteiger partial charge in [0.1, 0.15) is 0 Å². The normalized spacial score (nSPS) is 27.8. The summed E-state index contributed by atoms with van der Waals surface area (Å²) >= 11 is 0. The molecule has 1 heterocycles. The average molecular weight is 289 g/mol. The third-order valence-electron chi connectivity index (χ3n) is 4.59. The monoisotopic (exact) mass is 289 g/mol. The molecule has 0 radical (unpaired) electrons. The fourth-order valence-corrected chi connectivity index (χ4v) is 4.95. The summed E-state index contributed by atoms with van der Waals surface area (Å²) in [5, 5.41) is 0. The molecule has 112 valence electrons. The molecular formula is C13H27N3O2S. The molecule has 1 saturated heterocycles. The Morgan fingerprint density at radius 1 is 1.16 bits per heavy atom. The van der Waals surface area contributed by atoms with E-state index < -0.39 is 10.2 Å². The Labute approximate surface area is 117 Å². The van der Waals surface area contributed by atoms with Crippen molar-refractivity contribution in [3.8, 4) is 0 Å². The van der Waals surface area contributed by atoms with Gasteiger partial charge in [0.25, 0.3) is 10.2 Å². The van der Waals surface area contributed by atoms with Crippen molar-refractivity contribution < 1.29 is 8.42 Å². The van der Waals surface area contributed by atoms with Crippen LogP contribution < -0.4 is 5.73 Å². The van der Waals surface area contributed by atoms with Gasteiger partial charge in [-0.2, -0.15) is 17.0 Å². The number of hydrogen-bond donors (Lipinski definition) is 1. The second-order valence-corrected chi connectivity index (χ2v) is 7.91. The van der Waals surface area contributed by atoms with Crippen LogP contribution in [0.5, 0.6) is 0 Å². The molecule has 0 spiro atoms. The van der Waals surface area contributed by atoms with Crippen LogP contribution in [0.4, 0.5) is 0 Å². The topological polar surface area (TPSA) is 66.6 Å². The Kier molecular flexibility index (Phi) is 5.22. The molecule has 0 amide bonds. The molecule has 2 rings (SSSR count). The standard InChI is InChI=1S/C13H27N3O2S/c1-15(13-7-3-2-4-8-13)19(17,18)16-9-5-6-12(10-14)11-16/h12-13H,2-11,14H2,1H3. The van der Waals surface area contributed by atoms with E-state index in [0.717, 1.165) is 38.5 Å². The van der Waals surface area contributed by atoms with Crippen molar-refractivity contribution in [2.75, 3.05) is 26.7 Å². The number of nitrogens with zero attached hydrogens (tertiary/aromatic N) is 2. The second kappa shape index (κ2) is 6.52. The molecule has 1 atom stereocenters. The average Bonchev–Trinajstić information content (AvgIpc) is 2.47. The van der Waals surface area contributed by atoms with E-state index in [1.807, 2.05) is 0 Å². The summed E-state index contributed by atoms with van der Waals surface area (Å²) in [4.78, 5) is 0. The molecule has 5 nitrogen and oxygen atoms in total. The van der Waals surface area contributed by atoms with Crippen molar-refractivity contribution in [2.24, 2.45) is 11.7 Å². The van der Waals surface area contributed by atoms with Crippen molar-refractivity contribution in [1.82, 2.24) is 8.61 Å². The van der Waals surface area contributed by atoms with Gasteiger partial charge in [-0.1, -0.05) is 19.3 Å². The van der Waals surface area contributed by atoms with Gasteiger partial charge in [0.15, 0.2) is 0 Å². The zero-order valence-electron chi connectivity index (χ0n) is 11.9. The highest BCUT2D eigenvalue weighted by molar-refractivity contribution is 7.86. The summed E-state index contributed by atoms with van der Waals surface area (Å²) in [6.45, 7) is 1.82. The molecule has 2 N–H and O–H groups in total. The maximum absolute atomic E-state index is 12.7. The van der Waals surface area contributed by atoms with E-state index in [1.54, 1.807) is 15.7 Å². The molecule has 2 fully saturated rings. The summed E-state index contributed by atoms with van der Waals surface area (Å²) < 4.78 is 28.6. The van der Waals surface area contributed by atoms with Gasteiger partial charge < -0.3 is 5.73 Å². The third-order valence-corrected chi connectivity index (χ3v) is 6.60. The quantitative estimate of drug-likeness (QED) is 0.844. The first-order valence-corrected chi connectivity index (χ1v) is 8.88. The van der Waals surface area contributed by atoms with Crippen molar-refractivity contribution in [1.29, 1.82) is 0 Å². The van der Waals surface area contributed by atoms with Crippen LogP contribution in [0.3, 0.4) is 0 Å². The number of piperidine rings is 1. The molecule has 1 unspecified atom stereocenters. The molecule has 1 saturated carbocycles. The molecule has 2 aliphatic rings. The number of rotatable bonds is 4. The van der Waals surface area contributed by atoms with Gasteiger partial charge in [-0.05, 0) is 38.1 Å². The number of nitrogens with two attached hydrogens (primary N) is 1. The molecule has 0 bridgehead atoms. The summed E-state index contributed by atoms with van der Waals surface area (Å²) in [5.74, 6) is 0.322. The molecule has 1 aliphatic heterocycles. The molecule has 19 heavy (non-hydrogen) atoms. The van der Waals surface area contributed by atoms with Crippen LogP contribution in [-0.2, 0) is 10.2 Å². The van der Waals surface area contributed by atoms with Gasteiger partial charge in [-0.25, -0.2) is 0 Å². The summed E-state index contributed by atoms with van der Waals surface area (Å²) in [6.07, 6.45) is 7.53. The summed E-state index contributed by atoms with van der Waals surface area (Å²) in [5.41, 5.74) is 5.69. The molecule has 1 aliphatic carbocycles. The highest BCUT2D eigenvalue weighted by Gasteiger charge is 2.35. The molecule has 0 aromatic rings. The second-order valence-electron chi connectivity index (χ2n) is 5.92. The van der Waals surface area contributed by atoms with Crippen LogP contribution in [0, 0.1) is 5.92 Å². The van der Waals surface area contributed by atoms with Crippen LogP contribution >= 0.6 is 0 Å². The first-order chi connectivity index (χ1) is 9.05. The Morgan fingerprint density at radius 2 is 1.84 bits per heavy atom. The van der Waals surface area contributed by atoms with Crippen LogP contribution in [0.1, 0.15) is 44.9 Å². The van der Waals surface area contributed by atoms with Gasteiger partial charge in [-0.15, -0.1) is 0 Å². The number of hydrogen-bond acceptors (Lipinski definition) is 3. The SMILES string of the molecule is CN(C1CCCCC1)S(=O)(=O)N1CCCC(CN)C1. The van der Waals surface area contributed by atoms with Gasteiger partial charge in [0.05, 0.1) is 0 Å². The van der Waals surface area contributed by atoms with E-state index in [9.17, 15) is 8.42 Å². The lowest BCUT2D eigenvalue weighted by Crippen LogP contribution is -2.50. The zero-order chi connectivity index (χ0) is 13.9. The lowest BCUT2D eigenvalue weighted by Gasteiger charge is -2.37. The maximum atomic E-state index is 12.7. The first-order valence-electron chi connectivity index (χ1n) is 7.49. The first kappa shape index (κ1) is 15.2. The molecule has 6 heteroatoms. The Bertz CT molecular complexity index is 371. The van der Waals surface area contributed by atoms with E-state index in [4.69, 9.17) is 5.73 Å². The summed E-state index contributed by atoms with van der Waals surface area (Å²) in [7, 11) is -1.55. The maximum Gasteiger partial charge on any atom is 0.281 e. The zero-order valence-corrected chi connectivity index (χ0v) is 12.7. The molecule has 0 aromatic heterocycles. The van der Waals surface area contributed by atoms with Crippen LogP contribution in [-0.4, -0.2) is 49.8 Å². The summed E-state index contributed by atoms with van der Waals surface area (Å²) in [6, 6.07) is 0.192. The predicted octanol–water partition coefficient (Wildman–Crippen LogP) is 1.17. The van der Waals surface area contributed by atoms with Crippen LogP contribution in [0.15, 0.2) is 0 Å². The fourth-order valence-electron chi connectivity index (χ4n) is 3.24. The van der Waals surface area contributed by atoms with Crippen molar-refractivity contribution in [2.45, 2.75) is 51.0 Å². The highest BCUT2D eigenvalue weighted by atomic mass is 32.2. The van der Waals surface area contributed by atoms with E-state index in [0.29, 0.717) is 25.6 Å². The van der Waals surface area contributed by atoms with Gasteiger partial charge in [-0.3, -0.25) is 0 Å². The minimum Gasteiger partial charge on any atom is -0.330 e. The Hall–Kier alpha value is -0.170. The van der Waals surface area contributed by atoms with Crippen molar-refractivity contribution in [3.05, 3.63) is 0 Å². The van der Waals surface area contributed by atoms with Gasteiger partial charge >= 0.3 is 0 Å². The van der Waals surface area contributed by atoms with Gasteiger partial charge in [0.2, 0.25) is 0 Å². The van der Waals surface area contributed by atoms with Crippen molar-refractivity contribution >= 4 is 10.2 Å². The lowest BCUT2D eigenvalue weighted by molar-refractivity contribution is 0.228. The van der Waals surface area contributed by atoms with Crippen LogP contribution in [0.2, 0.25) is 0 Å². The third kappa shape index (κ3) is 3.48. The van der Waals surface area contributed by atoms with E-state index in [2.05, 4.69) is 0 Å². The molecule has 0 aromatic carbocycles. The van der Waals surface area contributed by atoms with Crippen LogP contribution in [0.25, 0.3) is 0 Å².